The zero-order valence-corrected chi connectivity index (χ0v) is 12.7. The summed E-state index contributed by atoms with van der Waals surface area (Å²) >= 11 is 0. The number of esters is 1. The Morgan fingerprint density at radius 2 is 2.04 bits per heavy atom. The van der Waals surface area contributed by atoms with Crippen LogP contribution in [0.4, 0.5) is 4.39 Å². The molecule has 0 aliphatic carbocycles. The standard InChI is InChI=1S/C17H14FN3O2/c1-21-10-20-15(16(21)11-4-3-5-13(18)8-11)14-9-12(6-7-19-14)17(22)23-2/h3-10H,1-2H3. The zero-order chi connectivity index (χ0) is 16.4. The lowest BCUT2D eigenvalue weighted by Gasteiger charge is -2.07. The van der Waals surface area contributed by atoms with Gasteiger partial charge in [0, 0.05) is 18.8 Å². The van der Waals surface area contributed by atoms with Crippen molar-refractivity contribution in [2.75, 3.05) is 7.11 Å². The molecule has 0 spiro atoms. The van der Waals surface area contributed by atoms with Gasteiger partial charge in [0.05, 0.1) is 30.4 Å². The molecule has 3 rings (SSSR count). The van der Waals surface area contributed by atoms with Gasteiger partial charge in [0.15, 0.2) is 0 Å². The lowest BCUT2D eigenvalue weighted by molar-refractivity contribution is 0.0600. The molecule has 2 aromatic heterocycles. The molecule has 23 heavy (non-hydrogen) atoms. The van der Waals surface area contributed by atoms with Crippen molar-refractivity contribution in [2.24, 2.45) is 7.05 Å². The van der Waals surface area contributed by atoms with Crippen LogP contribution in [0.15, 0.2) is 48.9 Å². The highest BCUT2D eigenvalue weighted by atomic mass is 19.1. The minimum absolute atomic E-state index is 0.328. The molecule has 0 aliphatic rings. The maximum atomic E-state index is 13.5. The number of aryl methyl sites for hydroxylation is 1. The maximum Gasteiger partial charge on any atom is 0.337 e. The van der Waals surface area contributed by atoms with Crippen molar-refractivity contribution >= 4 is 5.97 Å². The number of carbonyl (C=O) groups excluding carboxylic acids is 1. The molecule has 0 saturated carbocycles. The predicted octanol–water partition coefficient (Wildman–Crippen LogP) is 3.07. The second-order valence-electron chi connectivity index (χ2n) is 4.98. The Labute approximate surface area is 132 Å². The summed E-state index contributed by atoms with van der Waals surface area (Å²) in [5.41, 5.74) is 2.88. The van der Waals surface area contributed by atoms with Crippen molar-refractivity contribution in [3.05, 3.63) is 60.3 Å². The molecule has 2 heterocycles. The number of pyridine rings is 1. The van der Waals surface area contributed by atoms with E-state index < -0.39 is 5.97 Å². The van der Waals surface area contributed by atoms with Gasteiger partial charge in [-0.3, -0.25) is 4.98 Å². The van der Waals surface area contributed by atoms with E-state index in [1.54, 1.807) is 35.2 Å². The summed E-state index contributed by atoms with van der Waals surface area (Å²) in [5.74, 6) is -0.775. The molecule has 6 heteroatoms. The predicted molar refractivity (Wildman–Crippen MR) is 83.2 cm³/mol. The largest absolute Gasteiger partial charge is 0.465 e. The van der Waals surface area contributed by atoms with E-state index in [0.29, 0.717) is 22.5 Å². The third kappa shape index (κ3) is 2.83. The van der Waals surface area contributed by atoms with E-state index in [0.717, 1.165) is 5.69 Å². The zero-order valence-electron chi connectivity index (χ0n) is 12.7. The van der Waals surface area contributed by atoms with Gasteiger partial charge in [-0.1, -0.05) is 12.1 Å². The van der Waals surface area contributed by atoms with E-state index in [-0.39, 0.29) is 5.82 Å². The molecule has 0 radical (unpaired) electrons. The number of benzene rings is 1. The first-order valence-electron chi connectivity index (χ1n) is 6.92. The number of hydrogen-bond acceptors (Lipinski definition) is 4. The highest BCUT2D eigenvalue weighted by Gasteiger charge is 2.16. The summed E-state index contributed by atoms with van der Waals surface area (Å²) in [6.45, 7) is 0. The van der Waals surface area contributed by atoms with Crippen LogP contribution >= 0.6 is 0 Å². The average molecular weight is 311 g/mol. The molecule has 0 aliphatic heterocycles. The quantitative estimate of drug-likeness (QED) is 0.698. The molecule has 0 bridgehead atoms. The fourth-order valence-electron chi connectivity index (χ4n) is 2.40. The number of carbonyl (C=O) groups is 1. The molecule has 1 aromatic carbocycles. The van der Waals surface area contributed by atoms with Gasteiger partial charge < -0.3 is 9.30 Å². The van der Waals surface area contributed by atoms with E-state index in [4.69, 9.17) is 4.74 Å². The first-order valence-corrected chi connectivity index (χ1v) is 6.92. The third-order valence-corrected chi connectivity index (χ3v) is 3.46. The second kappa shape index (κ2) is 6.00. The van der Waals surface area contributed by atoms with Crippen molar-refractivity contribution in [2.45, 2.75) is 0 Å². The van der Waals surface area contributed by atoms with Gasteiger partial charge in [-0.15, -0.1) is 0 Å². The van der Waals surface area contributed by atoms with E-state index in [1.165, 1.54) is 25.4 Å². The Bertz CT molecular complexity index is 874. The molecule has 0 N–H and O–H groups in total. The first kappa shape index (κ1) is 14.9. The average Bonchev–Trinajstić information content (AvgIpc) is 2.96. The van der Waals surface area contributed by atoms with Crippen molar-refractivity contribution in [1.82, 2.24) is 14.5 Å². The van der Waals surface area contributed by atoms with Crippen LogP contribution in [-0.2, 0) is 11.8 Å². The smallest absolute Gasteiger partial charge is 0.337 e. The number of rotatable bonds is 3. The number of halogens is 1. The van der Waals surface area contributed by atoms with Crippen LogP contribution in [0.2, 0.25) is 0 Å². The minimum Gasteiger partial charge on any atom is -0.465 e. The fourth-order valence-corrected chi connectivity index (χ4v) is 2.40. The Hall–Kier alpha value is -3.02. The van der Waals surface area contributed by atoms with Crippen LogP contribution in [0, 0.1) is 5.82 Å². The number of aromatic nitrogens is 3. The monoisotopic (exact) mass is 311 g/mol. The van der Waals surface area contributed by atoms with Gasteiger partial charge in [-0.05, 0) is 24.3 Å². The number of ether oxygens (including phenoxy) is 1. The Balaban J connectivity index is 2.14. The Morgan fingerprint density at radius 1 is 1.22 bits per heavy atom. The van der Waals surface area contributed by atoms with Gasteiger partial charge in [-0.2, -0.15) is 0 Å². The van der Waals surface area contributed by atoms with E-state index in [9.17, 15) is 9.18 Å². The highest BCUT2D eigenvalue weighted by Crippen LogP contribution is 2.30. The van der Waals surface area contributed by atoms with Crippen LogP contribution in [0.3, 0.4) is 0 Å². The molecule has 0 saturated heterocycles. The van der Waals surface area contributed by atoms with E-state index in [2.05, 4.69) is 9.97 Å². The van der Waals surface area contributed by atoms with E-state index >= 15 is 0 Å². The first-order chi connectivity index (χ1) is 11.1. The maximum absolute atomic E-state index is 13.5. The van der Waals surface area contributed by atoms with Gasteiger partial charge >= 0.3 is 5.97 Å². The van der Waals surface area contributed by atoms with E-state index in [1.807, 2.05) is 7.05 Å². The van der Waals surface area contributed by atoms with Crippen LogP contribution < -0.4 is 0 Å². The molecular formula is C17H14FN3O2. The lowest BCUT2D eigenvalue weighted by atomic mass is 10.1. The highest BCUT2D eigenvalue weighted by molar-refractivity contribution is 5.91. The number of hydrogen-bond donors (Lipinski definition) is 0. The summed E-state index contributed by atoms with van der Waals surface area (Å²) in [4.78, 5) is 20.3. The SMILES string of the molecule is COC(=O)c1ccnc(-c2ncn(C)c2-c2cccc(F)c2)c1. The van der Waals surface area contributed by atoms with Crippen molar-refractivity contribution in [1.29, 1.82) is 0 Å². The number of nitrogens with zero attached hydrogens (tertiary/aromatic N) is 3. The molecule has 0 atom stereocenters. The molecule has 0 fully saturated rings. The third-order valence-electron chi connectivity index (χ3n) is 3.46. The lowest BCUT2D eigenvalue weighted by Crippen LogP contribution is -2.02. The second-order valence-corrected chi connectivity index (χ2v) is 4.98. The van der Waals surface area contributed by atoms with Crippen LogP contribution in [0.25, 0.3) is 22.6 Å². The number of methoxy groups -OCH3 is 1. The molecule has 0 amide bonds. The van der Waals surface area contributed by atoms with Crippen molar-refractivity contribution < 1.29 is 13.9 Å². The number of imidazole rings is 1. The normalized spacial score (nSPS) is 10.6. The van der Waals surface area contributed by atoms with Gasteiger partial charge in [-0.25, -0.2) is 14.2 Å². The fraction of sp³-hybridized carbons (Fsp3) is 0.118. The van der Waals surface area contributed by atoms with Gasteiger partial charge in [0.1, 0.15) is 11.5 Å². The Morgan fingerprint density at radius 3 is 2.78 bits per heavy atom. The Kier molecular flexibility index (Phi) is 3.89. The van der Waals surface area contributed by atoms with Crippen LogP contribution in [-0.4, -0.2) is 27.6 Å². The summed E-state index contributed by atoms with van der Waals surface area (Å²) in [6, 6.07) is 9.44. The van der Waals surface area contributed by atoms with Gasteiger partial charge in [0.2, 0.25) is 0 Å². The van der Waals surface area contributed by atoms with Gasteiger partial charge in [0.25, 0.3) is 0 Å². The molecule has 5 nitrogen and oxygen atoms in total. The summed E-state index contributed by atoms with van der Waals surface area (Å²) in [7, 11) is 3.14. The van der Waals surface area contributed by atoms with Crippen LogP contribution in [0.1, 0.15) is 10.4 Å². The van der Waals surface area contributed by atoms with Crippen molar-refractivity contribution in [3.8, 4) is 22.6 Å². The van der Waals surface area contributed by atoms with Crippen LogP contribution in [0.5, 0.6) is 0 Å². The molecular weight excluding hydrogens is 297 g/mol. The summed E-state index contributed by atoms with van der Waals surface area (Å²) in [5, 5.41) is 0. The topological polar surface area (TPSA) is 57.0 Å². The summed E-state index contributed by atoms with van der Waals surface area (Å²) < 4.78 is 20.0. The molecule has 0 unspecified atom stereocenters. The minimum atomic E-state index is -0.447. The van der Waals surface area contributed by atoms with Crippen molar-refractivity contribution in [3.63, 3.8) is 0 Å². The summed E-state index contributed by atoms with van der Waals surface area (Å²) in [6.07, 6.45) is 3.15. The molecule has 116 valence electrons. The molecule has 3 aromatic rings.